The molecule has 0 aliphatic carbocycles. The molecule has 1 unspecified atom stereocenters. The zero-order valence-corrected chi connectivity index (χ0v) is 6.92. The van der Waals surface area contributed by atoms with E-state index < -0.39 is 22.7 Å². The summed E-state index contributed by atoms with van der Waals surface area (Å²) in [5.41, 5.74) is -1.44. The fourth-order valence-electron chi connectivity index (χ4n) is 0.417. The fourth-order valence-corrected chi connectivity index (χ4v) is 0.510. The van der Waals surface area contributed by atoms with Crippen LogP contribution in [0.25, 0.3) is 0 Å². The van der Waals surface area contributed by atoms with Gasteiger partial charge in [-0.05, 0) is 13.8 Å². The predicted octanol–water partition coefficient (Wildman–Crippen LogP) is 0.789. The van der Waals surface area contributed by atoms with E-state index in [2.05, 4.69) is 0 Å². The van der Waals surface area contributed by atoms with Gasteiger partial charge in [-0.3, -0.25) is 9.59 Å². The monoisotopic (exact) mass is 180 g/mol. The zero-order chi connectivity index (χ0) is 9.23. The molecule has 0 aliphatic rings. The van der Waals surface area contributed by atoms with Crippen LogP contribution in [-0.4, -0.2) is 27.5 Å². The number of carboxylic acids is 2. The molecule has 0 spiro atoms. The summed E-state index contributed by atoms with van der Waals surface area (Å²) in [6, 6.07) is 0. The molecule has 4 nitrogen and oxygen atoms in total. The Balaban J connectivity index is 4.55. The molecule has 0 aliphatic heterocycles. The number of aliphatic carboxylic acids is 2. The molecule has 11 heavy (non-hydrogen) atoms. The Morgan fingerprint density at radius 3 is 1.82 bits per heavy atom. The van der Waals surface area contributed by atoms with Crippen LogP contribution in [0.5, 0.6) is 0 Å². The van der Waals surface area contributed by atoms with Crippen molar-refractivity contribution in [3.05, 3.63) is 0 Å². The van der Waals surface area contributed by atoms with Crippen molar-refractivity contribution < 1.29 is 19.8 Å². The van der Waals surface area contributed by atoms with Crippen molar-refractivity contribution in [3.8, 4) is 0 Å². The smallest absolute Gasteiger partial charge is 0.322 e. The van der Waals surface area contributed by atoms with Gasteiger partial charge in [-0.1, -0.05) is 0 Å². The highest BCUT2D eigenvalue weighted by Crippen LogP contribution is 2.25. The molecule has 0 rings (SSSR count). The first-order valence-corrected chi connectivity index (χ1v) is 3.34. The van der Waals surface area contributed by atoms with Gasteiger partial charge in [0.2, 0.25) is 0 Å². The van der Waals surface area contributed by atoms with E-state index in [1.165, 1.54) is 13.8 Å². The first-order chi connectivity index (χ1) is 4.80. The third kappa shape index (κ3) is 2.08. The summed E-state index contributed by atoms with van der Waals surface area (Å²) < 4.78 is 0. The van der Waals surface area contributed by atoms with E-state index in [4.69, 9.17) is 21.8 Å². The molecular weight excluding hydrogens is 172 g/mol. The maximum Gasteiger partial charge on any atom is 0.322 e. The van der Waals surface area contributed by atoms with Crippen LogP contribution in [0.15, 0.2) is 0 Å². The van der Waals surface area contributed by atoms with Crippen LogP contribution in [0, 0.1) is 5.41 Å². The fraction of sp³-hybridized carbons (Fsp3) is 0.667. The molecular formula is C6H9ClO4. The van der Waals surface area contributed by atoms with Gasteiger partial charge in [0.25, 0.3) is 0 Å². The molecule has 0 aromatic carbocycles. The van der Waals surface area contributed by atoms with Gasteiger partial charge >= 0.3 is 11.9 Å². The lowest BCUT2D eigenvalue weighted by atomic mass is 9.89. The molecule has 0 amide bonds. The highest BCUT2D eigenvalue weighted by molar-refractivity contribution is 6.31. The van der Waals surface area contributed by atoms with Gasteiger partial charge < -0.3 is 10.2 Å². The first-order valence-electron chi connectivity index (χ1n) is 2.90. The van der Waals surface area contributed by atoms with Crippen molar-refractivity contribution in [3.63, 3.8) is 0 Å². The average Bonchev–Trinajstić information content (AvgIpc) is 1.85. The quantitative estimate of drug-likeness (QED) is 0.630. The molecule has 1 atom stereocenters. The Kier molecular flexibility index (Phi) is 2.87. The maximum atomic E-state index is 10.4. The first kappa shape index (κ1) is 10.2. The van der Waals surface area contributed by atoms with Crippen molar-refractivity contribution in [2.75, 3.05) is 0 Å². The minimum absolute atomic E-state index is 1.22. The SMILES string of the molecule is CC(C)(C(=O)O)C(Cl)C(=O)O. The maximum absolute atomic E-state index is 10.4. The van der Waals surface area contributed by atoms with Gasteiger partial charge in [0.1, 0.15) is 5.38 Å². The summed E-state index contributed by atoms with van der Waals surface area (Å²) in [5.74, 6) is -2.54. The molecule has 0 heterocycles. The van der Waals surface area contributed by atoms with Gasteiger partial charge in [-0.15, -0.1) is 11.6 Å². The second kappa shape index (κ2) is 3.09. The van der Waals surface area contributed by atoms with Gasteiger partial charge in [-0.25, -0.2) is 0 Å². The van der Waals surface area contributed by atoms with Crippen molar-refractivity contribution >= 4 is 23.5 Å². The van der Waals surface area contributed by atoms with Gasteiger partial charge in [0, 0.05) is 0 Å². The normalized spacial score (nSPS) is 14.1. The number of carbonyl (C=O) groups is 2. The van der Waals surface area contributed by atoms with E-state index >= 15 is 0 Å². The molecule has 0 saturated heterocycles. The summed E-state index contributed by atoms with van der Waals surface area (Å²) in [6.07, 6.45) is 0. The van der Waals surface area contributed by atoms with E-state index in [1.54, 1.807) is 0 Å². The molecule has 0 aromatic rings. The van der Waals surface area contributed by atoms with Crippen molar-refractivity contribution in [2.45, 2.75) is 19.2 Å². The second-order valence-corrected chi connectivity index (χ2v) is 3.16. The lowest BCUT2D eigenvalue weighted by Crippen LogP contribution is -2.38. The average molecular weight is 181 g/mol. The van der Waals surface area contributed by atoms with Crippen molar-refractivity contribution in [1.82, 2.24) is 0 Å². The Bertz CT molecular complexity index is 187. The van der Waals surface area contributed by atoms with Crippen LogP contribution < -0.4 is 0 Å². The Morgan fingerprint density at radius 1 is 1.36 bits per heavy atom. The summed E-state index contributed by atoms with van der Waals surface area (Å²) >= 11 is 5.32. The minimum atomic E-state index is -1.44. The van der Waals surface area contributed by atoms with Gasteiger partial charge in [0.15, 0.2) is 0 Å². The van der Waals surface area contributed by atoms with E-state index in [-0.39, 0.29) is 0 Å². The summed E-state index contributed by atoms with van der Waals surface area (Å²) in [7, 11) is 0. The summed E-state index contributed by atoms with van der Waals surface area (Å²) in [6.45, 7) is 2.53. The number of halogens is 1. The number of hydrogen-bond donors (Lipinski definition) is 2. The summed E-state index contributed by atoms with van der Waals surface area (Å²) in [4.78, 5) is 20.7. The molecule has 0 bridgehead atoms. The Morgan fingerprint density at radius 2 is 1.73 bits per heavy atom. The van der Waals surface area contributed by atoms with Crippen molar-refractivity contribution in [2.24, 2.45) is 5.41 Å². The topological polar surface area (TPSA) is 74.6 Å². The van der Waals surface area contributed by atoms with E-state index in [0.29, 0.717) is 0 Å². The minimum Gasteiger partial charge on any atom is -0.481 e. The number of rotatable bonds is 3. The van der Waals surface area contributed by atoms with E-state index in [9.17, 15) is 9.59 Å². The molecule has 2 N–H and O–H groups in total. The van der Waals surface area contributed by atoms with Crippen LogP contribution in [0.3, 0.4) is 0 Å². The Labute approximate surface area is 68.8 Å². The molecule has 0 saturated carbocycles. The van der Waals surface area contributed by atoms with Crippen LogP contribution in [-0.2, 0) is 9.59 Å². The number of alkyl halides is 1. The largest absolute Gasteiger partial charge is 0.481 e. The van der Waals surface area contributed by atoms with Gasteiger partial charge in [-0.2, -0.15) is 0 Å². The molecule has 0 aromatic heterocycles. The third-order valence-electron chi connectivity index (χ3n) is 1.40. The molecule has 0 radical (unpaired) electrons. The highest BCUT2D eigenvalue weighted by Gasteiger charge is 2.40. The standard InChI is InChI=1S/C6H9ClO4/c1-6(2,5(10)11)3(7)4(8)9/h3H,1-2H3,(H,8,9)(H,10,11). The number of hydrogen-bond acceptors (Lipinski definition) is 2. The molecule has 64 valence electrons. The van der Waals surface area contributed by atoms with Crippen LogP contribution in [0.4, 0.5) is 0 Å². The highest BCUT2D eigenvalue weighted by atomic mass is 35.5. The molecule has 0 fully saturated rings. The summed E-state index contributed by atoms with van der Waals surface area (Å²) in [5, 5.41) is 15.5. The molecule has 5 heteroatoms. The lowest BCUT2D eigenvalue weighted by molar-refractivity contribution is -0.152. The third-order valence-corrected chi connectivity index (χ3v) is 2.13. The zero-order valence-electron chi connectivity index (χ0n) is 6.17. The second-order valence-electron chi connectivity index (χ2n) is 2.73. The van der Waals surface area contributed by atoms with Gasteiger partial charge in [0.05, 0.1) is 5.41 Å². The van der Waals surface area contributed by atoms with Crippen LogP contribution in [0.2, 0.25) is 0 Å². The van der Waals surface area contributed by atoms with Crippen LogP contribution in [0.1, 0.15) is 13.8 Å². The van der Waals surface area contributed by atoms with E-state index in [1.807, 2.05) is 0 Å². The predicted molar refractivity (Wildman–Crippen MR) is 38.7 cm³/mol. The number of carboxylic acid groups (broad SMARTS) is 2. The van der Waals surface area contributed by atoms with Crippen LogP contribution >= 0.6 is 11.6 Å². The van der Waals surface area contributed by atoms with E-state index in [0.717, 1.165) is 0 Å². The lowest BCUT2D eigenvalue weighted by Gasteiger charge is -2.21. The Hall–Kier alpha value is -0.770. The van der Waals surface area contributed by atoms with Crippen molar-refractivity contribution in [1.29, 1.82) is 0 Å².